The maximum atomic E-state index is 12.2. The predicted molar refractivity (Wildman–Crippen MR) is 143 cm³/mol. The van der Waals surface area contributed by atoms with Crippen LogP contribution in [0.5, 0.6) is 0 Å². The van der Waals surface area contributed by atoms with Gasteiger partial charge in [-0.25, -0.2) is 0 Å². The Kier molecular flexibility index (Phi) is 8.60. The molecule has 0 spiro atoms. The number of benzene rings is 4. The summed E-state index contributed by atoms with van der Waals surface area (Å²) in [6.45, 7) is -0.420. The van der Waals surface area contributed by atoms with Gasteiger partial charge in [-0.3, -0.25) is 14.4 Å². The molecule has 0 unspecified atom stereocenters. The number of nitrogens with one attached hydrogen (secondary N) is 2. The molecule has 0 aromatic heterocycles. The van der Waals surface area contributed by atoms with Crippen molar-refractivity contribution >= 4 is 63.3 Å². The highest BCUT2D eigenvalue weighted by Crippen LogP contribution is 2.29. The Morgan fingerprint density at radius 1 is 0.722 bits per heavy atom. The predicted octanol–water partition coefficient (Wildman–Crippen LogP) is 6.55. The molecule has 0 saturated carbocycles. The summed E-state index contributed by atoms with van der Waals surface area (Å²) in [6.07, 6.45) is -0.178. The molecule has 4 aromatic rings. The maximum Gasteiger partial charge on any atom is 0.306 e. The van der Waals surface area contributed by atoms with Gasteiger partial charge in [-0.1, -0.05) is 59.8 Å². The number of amides is 2. The summed E-state index contributed by atoms with van der Waals surface area (Å²) in [6, 6.07) is 28.2. The van der Waals surface area contributed by atoms with Gasteiger partial charge in [-0.15, -0.1) is 0 Å². The molecule has 36 heavy (non-hydrogen) atoms. The van der Waals surface area contributed by atoms with E-state index in [9.17, 15) is 14.4 Å². The van der Waals surface area contributed by atoms with E-state index in [1.54, 1.807) is 30.0 Å². The van der Waals surface area contributed by atoms with Crippen molar-refractivity contribution in [1.82, 2.24) is 0 Å². The Morgan fingerprint density at radius 2 is 1.39 bits per heavy atom. The summed E-state index contributed by atoms with van der Waals surface area (Å²) in [7, 11) is 0. The quantitative estimate of drug-likeness (QED) is 0.246. The van der Waals surface area contributed by atoms with Crippen LogP contribution in [0.1, 0.15) is 12.8 Å². The van der Waals surface area contributed by atoms with Crippen LogP contribution in [0.25, 0.3) is 10.8 Å². The third-order valence-electron chi connectivity index (χ3n) is 5.17. The number of carbonyl (C=O) groups excluding carboxylic acids is 3. The number of ether oxygens (including phenoxy) is 1. The van der Waals surface area contributed by atoms with Crippen LogP contribution in [0.3, 0.4) is 0 Å². The largest absolute Gasteiger partial charge is 0.456 e. The van der Waals surface area contributed by atoms with Crippen LogP contribution in [0.4, 0.5) is 11.4 Å². The lowest BCUT2D eigenvalue weighted by Gasteiger charge is -2.09. The molecule has 182 valence electrons. The van der Waals surface area contributed by atoms with Crippen molar-refractivity contribution in [3.63, 3.8) is 0 Å². The molecule has 0 fully saturated rings. The van der Waals surface area contributed by atoms with E-state index in [4.69, 9.17) is 16.3 Å². The Balaban J connectivity index is 1.18. The van der Waals surface area contributed by atoms with Gasteiger partial charge in [0.25, 0.3) is 5.91 Å². The standard InChI is InChI=1S/C28H23ClN2O4S/c29-20-8-12-22(13-9-20)36-23-14-10-21(11-15-23)30-26(32)16-17-28(34)35-18-27(33)31-25-7-3-5-19-4-1-2-6-24(19)25/h1-15H,16-18H2,(H,30,32)(H,31,33). The first-order valence-corrected chi connectivity index (χ1v) is 12.4. The molecule has 4 aromatic carbocycles. The van der Waals surface area contributed by atoms with Gasteiger partial charge in [0, 0.05) is 38.0 Å². The molecule has 0 aliphatic heterocycles. The van der Waals surface area contributed by atoms with E-state index in [0.717, 1.165) is 20.6 Å². The summed E-state index contributed by atoms with van der Waals surface area (Å²) in [4.78, 5) is 38.5. The molecule has 0 aliphatic carbocycles. The molecule has 6 nitrogen and oxygen atoms in total. The van der Waals surface area contributed by atoms with Crippen LogP contribution in [-0.4, -0.2) is 24.4 Å². The lowest BCUT2D eigenvalue weighted by Crippen LogP contribution is -2.22. The molecule has 4 rings (SSSR count). The normalized spacial score (nSPS) is 10.6. The Hall–Kier alpha value is -3.81. The minimum Gasteiger partial charge on any atom is -0.456 e. The van der Waals surface area contributed by atoms with Crippen molar-refractivity contribution in [2.24, 2.45) is 0 Å². The maximum absolute atomic E-state index is 12.2. The lowest BCUT2D eigenvalue weighted by atomic mass is 10.1. The highest BCUT2D eigenvalue weighted by atomic mass is 35.5. The average molecular weight is 519 g/mol. The van der Waals surface area contributed by atoms with Crippen molar-refractivity contribution in [3.05, 3.63) is 96.0 Å². The zero-order chi connectivity index (χ0) is 25.3. The summed E-state index contributed by atoms with van der Waals surface area (Å²) >= 11 is 7.49. The first-order valence-electron chi connectivity index (χ1n) is 11.2. The lowest BCUT2D eigenvalue weighted by molar-refractivity contribution is -0.147. The SMILES string of the molecule is O=C(CCC(=O)OCC(=O)Nc1cccc2ccccc12)Nc1ccc(Sc2ccc(Cl)cc2)cc1. The minimum atomic E-state index is -0.618. The van der Waals surface area contributed by atoms with Crippen molar-refractivity contribution in [3.8, 4) is 0 Å². The van der Waals surface area contributed by atoms with E-state index in [1.807, 2.05) is 72.8 Å². The number of fused-ring (bicyclic) bond motifs is 1. The van der Waals surface area contributed by atoms with Gasteiger partial charge in [0.2, 0.25) is 5.91 Å². The van der Waals surface area contributed by atoms with Gasteiger partial charge in [0.15, 0.2) is 6.61 Å². The summed E-state index contributed by atoms with van der Waals surface area (Å²) < 4.78 is 5.03. The van der Waals surface area contributed by atoms with Crippen LogP contribution in [-0.2, 0) is 19.1 Å². The van der Waals surface area contributed by atoms with E-state index in [0.29, 0.717) is 16.4 Å². The Labute approximate surface area is 218 Å². The van der Waals surface area contributed by atoms with E-state index in [1.165, 1.54) is 0 Å². The summed E-state index contributed by atoms with van der Waals surface area (Å²) in [5.41, 5.74) is 1.27. The number of hydrogen-bond donors (Lipinski definition) is 2. The van der Waals surface area contributed by atoms with Crippen LogP contribution in [0, 0.1) is 0 Å². The topological polar surface area (TPSA) is 84.5 Å². The second kappa shape index (κ2) is 12.2. The Bertz CT molecular complexity index is 1370. The van der Waals surface area contributed by atoms with Crippen LogP contribution < -0.4 is 10.6 Å². The molecule has 8 heteroatoms. The average Bonchev–Trinajstić information content (AvgIpc) is 2.89. The molecule has 0 atom stereocenters. The third-order valence-corrected chi connectivity index (χ3v) is 6.44. The number of carbonyl (C=O) groups is 3. The first-order chi connectivity index (χ1) is 17.5. The number of esters is 1. The molecule has 2 amide bonds. The van der Waals surface area contributed by atoms with E-state index in [2.05, 4.69) is 10.6 Å². The number of hydrogen-bond acceptors (Lipinski definition) is 5. The molecule has 0 saturated heterocycles. The van der Waals surface area contributed by atoms with Crippen LogP contribution in [0.2, 0.25) is 5.02 Å². The van der Waals surface area contributed by atoms with Gasteiger partial charge < -0.3 is 15.4 Å². The fourth-order valence-corrected chi connectivity index (χ4v) is 4.37. The monoisotopic (exact) mass is 518 g/mol. The summed E-state index contributed by atoms with van der Waals surface area (Å²) in [5.74, 6) is -1.38. The van der Waals surface area contributed by atoms with Crippen molar-refractivity contribution in [2.75, 3.05) is 17.2 Å². The van der Waals surface area contributed by atoms with Crippen molar-refractivity contribution in [2.45, 2.75) is 22.6 Å². The highest BCUT2D eigenvalue weighted by molar-refractivity contribution is 7.99. The van der Waals surface area contributed by atoms with Crippen molar-refractivity contribution in [1.29, 1.82) is 0 Å². The summed E-state index contributed by atoms with van der Waals surface area (Å²) in [5, 5.41) is 8.09. The second-order valence-electron chi connectivity index (χ2n) is 7.86. The Morgan fingerprint density at radius 3 is 2.14 bits per heavy atom. The molecule has 0 heterocycles. The van der Waals surface area contributed by atoms with E-state index >= 15 is 0 Å². The fraction of sp³-hybridized carbons (Fsp3) is 0.107. The first kappa shape index (κ1) is 25.3. The second-order valence-corrected chi connectivity index (χ2v) is 9.45. The van der Waals surface area contributed by atoms with Crippen LogP contribution >= 0.6 is 23.4 Å². The van der Waals surface area contributed by atoms with Crippen LogP contribution in [0.15, 0.2) is 101 Å². The van der Waals surface area contributed by atoms with Gasteiger partial charge >= 0.3 is 5.97 Å². The number of halogens is 1. The fourth-order valence-electron chi connectivity index (χ4n) is 3.42. The zero-order valence-corrected chi connectivity index (χ0v) is 20.8. The van der Waals surface area contributed by atoms with Gasteiger partial charge in [-0.2, -0.15) is 0 Å². The minimum absolute atomic E-state index is 0.0505. The molecule has 0 radical (unpaired) electrons. The van der Waals surface area contributed by atoms with Crippen molar-refractivity contribution < 1.29 is 19.1 Å². The van der Waals surface area contributed by atoms with E-state index < -0.39 is 18.5 Å². The molecule has 0 bridgehead atoms. The van der Waals surface area contributed by atoms with E-state index in [-0.39, 0.29) is 18.7 Å². The number of rotatable bonds is 9. The van der Waals surface area contributed by atoms with Gasteiger partial charge in [-0.05, 0) is 60.0 Å². The number of anilines is 2. The molecular formula is C28H23ClN2O4S. The molecular weight excluding hydrogens is 496 g/mol. The van der Waals surface area contributed by atoms with Gasteiger partial charge in [0.05, 0.1) is 6.42 Å². The highest BCUT2D eigenvalue weighted by Gasteiger charge is 2.12. The smallest absolute Gasteiger partial charge is 0.306 e. The zero-order valence-electron chi connectivity index (χ0n) is 19.2. The molecule has 2 N–H and O–H groups in total. The third kappa shape index (κ3) is 7.34. The molecule has 0 aliphatic rings. The van der Waals surface area contributed by atoms with Gasteiger partial charge in [0.1, 0.15) is 0 Å².